The molecule has 0 aromatic heterocycles. The van der Waals surface area contributed by atoms with Gasteiger partial charge in [-0.1, -0.05) is 32.9 Å². The molecule has 0 atom stereocenters. The minimum atomic E-state index is 0.253. The van der Waals surface area contributed by atoms with Gasteiger partial charge < -0.3 is 5.32 Å². The molecule has 0 aliphatic heterocycles. The number of nitrogens with one attached hydrogen (secondary N) is 1. The van der Waals surface area contributed by atoms with E-state index in [4.69, 9.17) is 0 Å². The molecule has 0 bridgehead atoms. The van der Waals surface area contributed by atoms with Gasteiger partial charge >= 0.3 is 0 Å². The second-order valence-electron chi connectivity index (χ2n) is 5.03. The Morgan fingerprint density at radius 1 is 1.27 bits per heavy atom. The lowest BCUT2D eigenvalue weighted by Gasteiger charge is -2.16. The van der Waals surface area contributed by atoms with Crippen molar-refractivity contribution in [2.24, 2.45) is 5.41 Å². The lowest BCUT2D eigenvalue weighted by molar-refractivity contribution is -0.447. The molecule has 1 N–H and O–H groups in total. The van der Waals surface area contributed by atoms with Crippen molar-refractivity contribution in [2.45, 2.75) is 20.8 Å². The smallest absolute Gasteiger partial charge is 0.228 e. The van der Waals surface area contributed by atoms with E-state index in [1.807, 2.05) is 23.8 Å². The summed E-state index contributed by atoms with van der Waals surface area (Å²) in [5, 5.41) is 3.18. The fraction of sp³-hybridized carbons (Fsp3) is 0.462. The molecule has 1 rings (SSSR count). The zero-order chi connectivity index (χ0) is 11.5. The largest absolute Gasteiger partial charge is 0.383 e. The van der Waals surface area contributed by atoms with E-state index < -0.39 is 0 Å². The normalized spacial score (nSPS) is 11.2. The Kier molecular flexibility index (Phi) is 3.51. The molecule has 0 unspecified atom stereocenters. The van der Waals surface area contributed by atoms with E-state index in [1.54, 1.807) is 0 Å². The lowest BCUT2D eigenvalue weighted by atomic mass is 9.96. The molecule has 1 aromatic carbocycles. The maximum Gasteiger partial charge on any atom is 0.228 e. The van der Waals surface area contributed by atoms with Crippen LogP contribution in [0.2, 0.25) is 0 Å². The van der Waals surface area contributed by atoms with Gasteiger partial charge in [0, 0.05) is 18.5 Å². The summed E-state index contributed by atoms with van der Waals surface area (Å²) >= 11 is 0. The van der Waals surface area contributed by atoms with Crippen molar-refractivity contribution in [3.8, 4) is 0 Å². The molecule has 0 aliphatic carbocycles. The van der Waals surface area contributed by atoms with E-state index in [0.29, 0.717) is 0 Å². The summed E-state index contributed by atoms with van der Waals surface area (Å²) in [4.78, 5) is 0. The van der Waals surface area contributed by atoms with Crippen molar-refractivity contribution < 1.29 is 4.58 Å². The first-order valence-corrected chi connectivity index (χ1v) is 5.29. The van der Waals surface area contributed by atoms with Crippen molar-refractivity contribution in [1.29, 1.82) is 0 Å². The van der Waals surface area contributed by atoms with E-state index in [-0.39, 0.29) is 5.41 Å². The number of benzene rings is 1. The second-order valence-corrected chi connectivity index (χ2v) is 5.03. The fourth-order valence-corrected chi connectivity index (χ4v) is 1.62. The predicted octanol–water partition coefficient (Wildman–Crippen LogP) is 3.12. The highest BCUT2D eigenvalue weighted by atomic mass is 15.0. The molecule has 0 spiro atoms. The Morgan fingerprint density at radius 2 is 1.87 bits per heavy atom. The summed E-state index contributed by atoms with van der Waals surface area (Å²) in [7, 11) is 1.93. The van der Waals surface area contributed by atoms with E-state index in [1.165, 1.54) is 0 Å². The van der Waals surface area contributed by atoms with Crippen molar-refractivity contribution >= 4 is 18.1 Å². The van der Waals surface area contributed by atoms with Gasteiger partial charge in [0.25, 0.3) is 0 Å². The van der Waals surface area contributed by atoms with Gasteiger partial charge in [-0.05, 0) is 6.07 Å². The molecule has 0 saturated carbocycles. The van der Waals surface area contributed by atoms with Crippen LogP contribution in [-0.4, -0.2) is 24.9 Å². The zero-order valence-electron chi connectivity index (χ0n) is 10.2. The van der Waals surface area contributed by atoms with E-state index in [9.17, 15) is 0 Å². The van der Waals surface area contributed by atoms with Crippen molar-refractivity contribution in [3.63, 3.8) is 0 Å². The van der Waals surface area contributed by atoms with Crippen molar-refractivity contribution in [3.05, 3.63) is 24.3 Å². The van der Waals surface area contributed by atoms with Gasteiger partial charge in [-0.2, -0.15) is 0 Å². The Hall–Kier alpha value is -1.31. The molecule has 1 aromatic rings. The number of anilines is 1. The SMILES string of the molecule is C=[N+](CC(C)(C)C)c1ccccc1NC. The molecular formula is C13H21N2+. The minimum absolute atomic E-state index is 0.253. The molecule has 0 heterocycles. The summed E-state index contributed by atoms with van der Waals surface area (Å²) in [5.74, 6) is 0. The van der Waals surface area contributed by atoms with Crippen LogP contribution in [0.3, 0.4) is 0 Å². The van der Waals surface area contributed by atoms with Crippen LogP contribution < -0.4 is 5.32 Å². The first-order valence-electron chi connectivity index (χ1n) is 5.29. The van der Waals surface area contributed by atoms with Crippen molar-refractivity contribution in [2.75, 3.05) is 18.9 Å². The number of nitrogens with zero attached hydrogens (tertiary/aromatic N) is 1. The van der Waals surface area contributed by atoms with Crippen molar-refractivity contribution in [1.82, 2.24) is 0 Å². The number of para-hydroxylation sites is 2. The molecule has 2 nitrogen and oxygen atoms in total. The van der Waals surface area contributed by atoms with Crippen LogP contribution in [0, 0.1) is 5.41 Å². The first-order chi connectivity index (χ1) is 6.94. The van der Waals surface area contributed by atoms with Gasteiger partial charge in [-0.15, -0.1) is 0 Å². The van der Waals surface area contributed by atoms with Gasteiger partial charge in [-0.25, -0.2) is 4.58 Å². The molecule has 0 saturated heterocycles. The number of hydrogen-bond donors (Lipinski definition) is 1. The predicted molar refractivity (Wildman–Crippen MR) is 67.4 cm³/mol. The monoisotopic (exact) mass is 205 g/mol. The summed E-state index contributed by atoms with van der Waals surface area (Å²) in [6, 6.07) is 8.22. The van der Waals surface area contributed by atoms with Crippen LogP contribution in [-0.2, 0) is 0 Å². The van der Waals surface area contributed by atoms with Crippen LogP contribution in [0.5, 0.6) is 0 Å². The minimum Gasteiger partial charge on any atom is -0.383 e. The lowest BCUT2D eigenvalue weighted by Crippen LogP contribution is -2.21. The zero-order valence-corrected chi connectivity index (χ0v) is 10.2. The Bertz CT molecular complexity index is 348. The third kappa shape index (κ3) is 3.39. The first kappa shape index (κ1) is 11.8. The topological polar surface area (TPSA) is 15.0 Å². The van der Waals surface area contributed by atoms with Crippen LogP contribution >= 0.6 is 0 Å². The molecule has 15 heavy (non-hydrogen) atoms. The Balaban J connectivity index is 2.91. The number of rotatable bonds is 3. The highest BCUT2D eigenvalue weighted by Crippen LogP contribution is 2.25. The summed E-state index contributed by atoms with van der Waals surface area (Å²) < 4.78 is 2.05. The third-order valence-corrected chi connectivity index (χ3v) is 2.18. The number of hydrogen-bond acceptors (Lipinski definition) is 1. The van der Waals surface area contributed by atoms with E-state index in [0.717, 1.165) is 17.9 Å². The molecule has 0 fully saturated rings. The van der Waals surface area contributed by atoms with E-state index >= 15 is 0 Å². The van der Waals surface area contributed by atoms with Gasteiger partial charge in [0.15, 0.2) is 6.54 Å². The van der Waals surface area contributed by atoms with Crippen LogP contribution in [0.4, 0.5) is 11.4 Å². The Morgan fingerprint density at radius 3 is 2.40 bits per heavy atom. The molecule has 82 valence electrons. The van der Waals surface area contributed by atoms with Crippen LogP contribution in [0.25, 0.3) is 0 Å². The van der Waals surface area contributed by atoms with Gasteiger partial charge in [0.05, 0.1) is 0 Å². The molecule has 2 heteroatoms. The summed E-state index contributed by atoms with van der Waals surface area (Å²) in [5.41, 5.74) is 2.52. The highest BCUT2D eigenvalue weighted by Gasteiger charge is 2.20. The van der Waals surface area contributed by atoms with E-state index in [2.05, 4.69) is 44.9 Å². The second kappa shape index (κ2) is 4.47. The quantitative estimate of drug-likeness (QED) is 0.592. The maximum absolute atomic E-state index is 4.10. The summed E-state index contributed by atoms with van der Waals surface area (Å²) in [6.45, 7) is 11.7. The maximum atomic E-state index is 4.10. The van der Waals surface area contributed by atoms with Gasteiger partial charge in [-0.3, -0.25) is 0 Å². The fourth-order valence-electron chi connectivity index (χ4n) is 1.62. The standard InChI is InChI=1S/C13H21N2/c1-13(2,3)10-15(5)12-9-7-6-8-11(12)14-4/h6-9,14H,5,10H2,1-4H3/q+1. The van der Waals surface area contributed by atoms with Gasteiger partial charge in [0.2, 0.25) is 5.69 Å². The molecule has 0 amide bonds. The molecule has 0 aliphatic rings. The van der Waals surface area contributed by atoms with Crippen LogP contribution in [0.15, 0.2) is 24.3 Å². The van der Waals surface area contributed by atoms with Crippen LogP contribution in [0.1, 0.15) is 20.8 Å². The van der Waals surface area contributed by atoms with Gasteiger partial charge in [0.1, 0.15) is 12.4 Å². The Labute approximate surface area is 92.6 Å². The molecular weight excluding hydrogens is 184 g/mol. The summed E-state index contributed by atoms with van der Waals surface area (Å²) in [6.07, 6.45) is 0. The average molecular weight is 205 g/mol. The average Bonchev–Trinajstić information content (AvgIpc) is 2.15. The molecule has 0 radical (unpaired) electrons. The third-order valence-electron chi connectivity index (χ3n) is 2.18. The highest BCUT2D eigenvalue weighted by molar-refractivity contribution is 5.61.